The normalized spacial score (nSPS) is 10.8. The van der Waals surface area contributed by atoms with Crippen molar-refractivity contribution >= 4 is 33.7 Å². The Bertz CT molecular complexity index is 893. The molecule has 2 aromatic heterocycles. The highest BCUT2D eigenvalue weighted by atomic mass is 79.9. The molecule has 2 heterocycles. The van der Waals surface area contributed by atoms with Gasteiger partial charge in [0.15, 0.2) is 5.82 Å². The maximum absolute atomic E-state index is 11.9. The summed E-state index contributed by atoms with van der Waals surface area (Å²) in [7, 11) is 0. The highest BCUT2D eigenvalue weighted by Crippen LogP contribution is 2.29. The zero-order chi connectivity index (χ0) is 17.8. The Labute approximate surface area is 156 Å². The molecule has 9 heteroatoms. The number of benzene rings is 1. The Balaban J connectivity index is 1.77. The first-order chi connectivity index (χ1) is 12.1. The molecule has 1 aromatic carbocycles. The molecular weight excluding hydrogens is 408 g/mol. The van der Waals surface area contributed by atoms with Crippen molar-refractivity contribution in [3.8, 4) is 11.4 Å². The number of ether oxygens (including phenoxy) is 1. The van der Waals surface area contributed by atoms with Crippen molar-refractivity contribution in [3.05, 3.63) is 52.4 Å². The largest absolute Gasteiger partial charge is 0.468 e. The molecule has 3 aromatic rings. The van der Waals surface area contributed by atoms with Crippen molar-refractivity contribution < 1.29 is 13.9 Å². The van der Waals surface area contributed by atoms with Gasteiger partial charge in [0, 0.05) is 10.0 Å². The fraction of sp³-hybridized carbons (Fsp3) is 0.188. The number of carbonyl (C=O) groups is 1. The van der Waals surface area contributed by atoms with Crippen molar-refractivity contribution in [2.75, 3.05) is 12.4 Å². The molecule has 0 bridgehead atoms. The van der Waals surface area contributed by atoms with Crippen LogP contribution in [0.4, 0.5) is 0 Å². The van der Waals surface area contributed by atoms with Gasteiger partial charge in [-0.25, -0.2) is 9.47 Å². The molecule has 0 radical (unpaired) electrons. The van der Waals surface area contributed by atoms with E-state index in [1.165, 1.54) is 22.7 Å². The molecule has 0 unspecified atom stereocenters. The molecule has 130 valence electrons. The van der Waals surface area contributed by atoms with Gasteiger partial charge in [0.05, 0.1) is 18.6 Å². The lowest BCUT2D eigenvalue weighted by atomic mass is 10.2. The zero-order valence-corrected chi connectivity index (χ0v) is 15.7. The monoisotopic (exact) mass is 422 g/mol. The minimum absolute atomic E-state index is 0.309. The summed E-state index contributed by atoms with van der Waals surface area (Å²) in [5, 5.41) is 8.78. The first-order valence-corrected chi connectivity index (χ1v) is 9.21. The molecule has 0 spiro atoms. The van der Waals surface area contributed by atoms with E-state index in [4.69, 9.17) is 15.0 Å². The summed E-state index contributed by atoms with van der Waals surface area (Å²) in [6, 6.07) is 9.21. The Morgan fingerprint density at radius 2 is 2.16 bits per heavy atom. The van der Waals surface area contributed by atoms with Crippen molar-refractivity contribution in [2.45, 2.75) is 17.8 Å². The third-order valence-electron chi connectivity index (χ3n) is 3.35. The van der Waals surface area contributed by atoms with Crippen LogP contribution in [0.2, 0.25) is 0 Å². The summed E-state index contributed by atoms with van der Waals surface area (Å²) >= 11 is 4.80. The summed E-state index contributed by atoms with van der Waals surface area (Å²) in [6.07, 6.45) is 1.46. The van der Waals surface area contributed by atoms with Gasteiger partial charge in [-0.2, -0.15) is 0 Å². The summed E-state index contributed by atoms with van der Waals surface area (Å²) in [4.78, 5) is 11.9. The number of aromatic nitrogens is 3. The van der Waals surface area contributed by atoms with Crippen LogP contribution in [0, 0.1) is 0 Å². The minimum atomic E-state index is -0.407. The maximum Gasteiger partial charge on any atom is 0.341 e. The topological polar surface area (TPSA) is 96.2 Å². The van der Waals surface area contributed by atoms with E-state index < -0.39 is 5.97 Å². The Hall–Kier alpha value is -2.26. The number of furan rings is 1. The highest BCUT2D eigenvalue weighted by Gasteiger charge is 2.19. The molecule has 0 saturated carbocycles. The molecule has 0 aliphatic heterocycles. The van der Waals surface area contributed by atoms with Gasteiger partial charge in [-0.1, -0.05) is 39.8 Å². The predicted octanol–water partition coefficient (Wildman–Crippen LogP) is 3.48. The molecule has 0 saturated heterocycles. The zero-order valence-electron chi connectivity index (χ0n) is 13.3. The van der Waals surface area contributed by atoms with Gasteiger partial charge >= 0.3 is 5.97 Å². The Kier molecular flexibility index (Phi) is 5.44. The van der Waals surface area contributed by atoms with Crippen LogP contribution < -0.4 is 5.84 Å². The van der Waals surface area contributed by atoms with Gasteiger partial charge in [0.2, 0.25) is 5.16 Å². The van der Waals surface area contributed by atoms with Crippen LogP contribution in [-0.4, -0.2) is 27.4 Å². The van der Waals surface area contributed by atoms with Gasteiger partial charge < -0.3 is 15.0 Å². The number of thioether (sulfide) groups is 1. The van der Waals surface area contributed by atoms with E-state index in [0.717, 1.165) is 10.0 Å². The summed E-state index contributed by atoms with van der Waals surface area (Å²) in [5.41, 5.74) is 1.25. The molecule has 25 heavy (non-hydrogen) atoms. The van der Waals surface area contributed by atoms with Gasteiger partial charge in [-0.05, 0) is 25.1 Å². The smallest absolute Gasteiger partial charge is 0.341 e. The second-order valence-corrected chi connectivity index (χ2v) is 6.72. The second kappa shape index (κ2) is 7.75. The number of esters is 1. The Morgan fingerprint density at radius 3 is 2.92 bits per heavy atom. The van der Waals surface area contributed by atoms with Crippen LogP contribution in [0.15, 0.2) is 50.6 Å². The number of halogens is 1. The van der Waals surface area contributed by atoms with Crippen LogP contribution in [0.25, 0.3) is 11.4 Å². The highest BCUT2D eigenvalue weighted by molar-refractivity contribution is 9.10. The lowest BCUT2D eigenvalue weighted by molar-refractivity contribution is 0.0524. The SMILES string of the molecule is CCOC(=O)c1ccoc1CSc1nnc(-c2ccccc2Br)n1N. The summed E-state index contributed by atoms with van der Waals surface area (Å²) in [5.74, 6) is 7.14. The lowest BCUT2D eigenvalue weighted by Gasteiger charge is -2.05. The maximum atomic E-state index is 11.9. The minimum Gasteiger partial charge on any atom is -0.468 e. The number of hydrogen-bond acceptors (Lipinski definition) is 7. The second-order valence-electron chi connectivity index (χ2n) is 4.92. The third kappa shape index (κ3) is 3.72. The summed E-state index contributed by atoms with van der Waals surface area (Å²) < 4.78 is 12.7. The molecular formula is C16H15BrN4O3S. The molecule has 7 nitrogen and oxygen atoms in total. The van der Waals surface area contributed by atoms with E-state index in [9.17, 15) is 4.79 Å². The molecule has 0 atom stereocenters. The van der Waals surface area contributed by atoms with Crippen LogP contribution in [0.3, 0.4) is 0 Å². The van der Waals surface area contributed by atoms with Gasteiger partial charge in [-0.15, -0.1) is 10.2 Å². The van der Waals surface area contributed by atoms with E-state index in [2.05, 4.69) is 26.1 Å². The van der Waals surface area contributed by atoms with Crippen LogP contribution in [-0.2, 0) is 10.5 Å². The summed E-state index contributed by atoms with van der Waals surface area (Å²) in [6.45, 7) is 2.07. The third-order valence-corrected chi connectivity index (χ3v) is 4.99. The number of nitrogens with zero attached hydrogens (tertiary/aromatic N) is 3. The molecule has 3 rings (SSSR count). The number of nitrogen functional groups attached to an aromatic ring is 1. The average Bonchev–Trinajstić information content (AvgIpc) is 3.21. The van der Waals surface area contributed by atoms with Gasteiger partial charge in [0.1, 0.15) is 11.3 Å². The van der Waals surface area contributed by atoms with Crippen molar-refractivity contribution in [1.82, 2.24) is 14.9 Å². The fourth-order valence-electron chi connectivity index (χ4n) is 2.17. The number of carbonyl (C=O) groups excluding carboxylic acids is 1. The number of hydrogen-bond donors (Lipinski definition) is 1. The molecule has 0 aliphatic rings. The quantitative estimate of drug-likeness (QED) is 0.368. The van der Waals surface area contributed by atoms with Crippen molar-refractivity contribution in [1.29, 1.82) is 0 Å². The van der Waals surface area contributed by atoms with Crippen LogP contribution in [0.5, 0.6) is 0 Å². The first-order valence-electron chi connectivity index (χ1n) is 7.43. The first kappa shape index (κ1) is 17.6. The van der Waals surface area contributed by atoms with Crippen molar-refractivity contribution in [2.24, 2.45) is 0 Å². The van der Waals surface area contributed by atoms with Crippen LogP contribution in [0.1, 0.15) is 23.0 Å². The van der Waals surface area contributed by atoms with Gasteiger partial charge in [0.25, 0.3) is 0 Å². The van der Waals surface area contributed by atoms with Crippen LogP contribution >= 0.6 is 27.7 Å². The van der Waals surface area contributed by atoms with E-state index in [-0.39, 0.29) is 0 Å². The lowest BCUT2D eigenvalue weighted by Crippen LogP contribution is -2.12. The van der Waals surface area contributed by atoms with Crippen molar-refractivity contribution in [3.63, 3.8) is 0 Å². The standard InChI is InChI=1S/C16H15BrN4O3S/c1-2-23-15(22)11-7-8-24-13(11)9-25-16-20-19-14(21(16)18)10-5-3-4-6-12(10)17/h3-8H,2,9,18H2,1H3. The number of nitrogens with two attached hydrogens (primary N) is 1. The predicted molar refractivity (Wildman–Crippen MR) is 97.5 cm³/mol. The molecule has 0 aliphatic carbocycles. The molecule has 0 fully saturated rings. The van der Waals surface area contributed by atoms with E-state index in [1.807, 2.05) is 24.3 Å². The molecule has 0 amide bonds. The number of rotatable bonds is 6. The van der Waals surface area contributed by atoms with E-state index in [1.54, 1.807) is 13.0 Å². The Morgan fingerprint density at radius 1 is 1.36 bits per heavy atom. The molecule has 2 N–H and O–H groups in total. The van der Waals surface area contributed by atoms with E-state index in [0.29, 0.717) is 34.7 Å². The van der Waals surface area contributed by atoms with E-state index >= 15 is 0 Å². The van der Waals surface area contributed by atoms with Gasteiger partial charge in [-0.3, -0.25) is 0 Å². The fourth-order valence-corrected chi connectivity index (χ4v) is 3.44. The average molecular weight is 423 g/mol.